The van der Waals surface area contributed by atoms with E-state index in [0.29, 0.717) is 12.0 Å². The van der Waals surface area contributed by atoms with E-state index in [1.807, 2.05) is 31.2 Å². The molecule has 0 aliphatic heterocycles. The zero-order valence-electron chi connectivity index (χ0n) is 20.4. The number of rotatable bonds is 14. The van der Waals surface area contributed by atoms with Crippen LogP contribution in [0, 0.1) is 5.92 Å². The van der Waals surface area contributed by atoms with Crippen molar-refractivity contribution >= 4 is 40.5 Å². The fourth-order valence-electron chi connectivity index (χ4n) is 3.74. The Morgan fingerprint density at radius 3 is 2.31 bits per heavy atom. The molecule has 4 amide bonds. The molecule has 0 saturated carbocycles. The number of nitrogens with one attached hydrogen (secondary N) is 4. The van der Waals surface area contributed by atoms with Crippen LogP contribution in [0.4, 0.5) is 0 Å². The molecule has 0 aliphatic rings. The molecule has 196 valence electrons. The molecule has 1 aromatic heterocycles. The highest BCUT2D eigenvalue weighted by molar-refractivity contribution is 5.94. The van der Waals surface area contributed by atoms with Gasteiger partial charge in [0.1, 0.15) is 18.1 Å². The van der Waals surface area contributed by atoms with Crippen LogP contribution in [0.3, 0.4) is 0 Å². The van der Waals surface area contributed by atoms with Crippen molar-refractivity contribution in [3.05, 3.63) is 36.0 Å². The quantitative estimate of drug-likeness (QED) is 0.180. The topological polar surface area (TPSA) is 209 Å². The van der Waals surface area contributed by atoms with Crippen LogP contribution in [0.1, 0.15) is 38.7 Å². The Morgan fingerprint density at radius 1 is 1.03 bits per heavy atom. The predicted octanol–water partition coefficient (Wildman–Crippen LogP) is -0.480. The maximum Gasteiger partial charge on any atom is 0.326 e. The van der Waals surface area contributed by atoms with Crippen LogP contribution in [0.5, 0.6) is 0 Å². The Labute approximate surface area is 208 Å². The third-order valence-electron chi connectivity index (χ3n) is 6.02. The number of H-pyrrole nitrogens is 1. The molecule has 2 aromatic rings. The first-order valence-corrected chi connectivity index (χ1v) is 11.7. The first-order valence-electron chi connectivity index (χ1n) is 11.7. The smallest absolute Gasteiger partial charge is 0.326 e. The number of carbonyl (C=O) groups excluding carboxylic acids is 4. The molecule has 2 rings (SSSR count). The molecule has 9 N–H and O–H groups in total. The van der Waals surface area contributed by atoms with E-state index in [1.165, 1.54) is 0 Å². The number of benzene rings is 1. The van der Waals surface area contributed by atoms with Crippen LogP contribution in [-0.2, 0) is 30.4 Å². The number of carboxylic acids is 1. The summed E-state index contributed by atoms with van der Waals surface area (Å²) in [6.45, 7) is 3.26. The first-order chi connectivity index (χ1) is 17.1. The summed E-state index contributed by atoms with van der Waals surface area (Å²) in [6, 6.07) is 3.82. The van der Waals surface area contributed by atoms with Crippen LogP contribution in [0.25, 0.3) is 10.9 Å². The molecule has 12 nitrogen and oxygen atoms in total. The number of primary amides is 1. The van der Waals surface area contributed by atoms with Crippen molar-refractivity contribution in [1.29, 1.82) is 0 Å². The molecule has 36 heavy (non-hydrogen) atoms. The molecule has 1 heterocycles. The van der Waals surface area contributed by atoms with Gasteiger partial charge in [-0.3, -0.25) is 19.2 Å². The highest BCUT2D eigenvalue weighted by Gasteiger charge is 2.31. The minimum absolute atomic E-state index is 0.0103. The number of aromatic amines is 1. The van der Waals surface area contributed by atoms with Crippen molar-refractivity contribution in [2.24, 2.45) is 17.4 Å². The molecule has 0 aliphatic carbocycles. The van der Waals surface area contributed by atoms with E-state index in [4.69, 9.17) is 11.5 Å². The number of aliphatic carboxylic acids is 1. The van der Waals surface area contributed by atoms with Crippen molar-refractivity contribution in [3.8, 4) is 0 Å². The highest BCUT2D eigenvalue weighted by Crippen LogP contribution is 2.19. The van der Waals surface area contributed by atoms with E-state index in [1.54, 1.807) is 13.1 Å². The van der Waals surface area contributed by atoms with Gasteiger partial charge in [0.2, 0.25) is 23.6 Å². The molecule has 12 heteroatoms. The second-order valence-electron chi connectivity index (χ2n) is 8.66. The fourth-order valence-corrected chi connectivity index (χ4v) is 3.74. The van der Waals surface area contributed by atoms with Crippen LogP contribution in [0.15, 0.2) is 30.5 Å². The fraction of sp³-hybridized carbons (Fsp3) is 0.458. The standard InChI is InChI=1S/C24H34N6O6/c1-3-13(2)21(30-20(32)11-25)23(34)28-17(8-9-19(26)31)22(33)29-18(24(35)36)10-14-12-27-16-7-5-4-6-15(14)16/h4-7,12-13,17-18,21,27H,3,8-11,25H2,1-2H3,(H2,26,31)(H,28,34)(H,29,33)(H,30,32)(H,35,36). The van der Waals surface area contributed by atoms with E-state index < -0.39 is 47.7 Å². The number of fused-ring (bicyclic) bond motifs is 1. The molecule has 0 fully saturated rings. The largest absolute Gasteiger partial charge is 0.480 e. The lowest BCUT2D eigenvalue weighted by molar-refractivity contribution is -0.142. The van der Waals surface area contributed by atoms with E-state index in [-0.39, 0.29) is 31.7 Å². The molecule has 0 spiro atoms. The van der Waals surface area contributed by atoms with Gasteiger partial charge in [0.15, 0.2) is 0 Å². The van der Waals surface area contributed by atoms with Gasteiger partial charge in [-0.15, -0.1) is 0 Å². The van der Waals surface area contributed by atoms with Gasteiger partial charge < -0.3 is 37.5 Å². The Morgan fingerprint density at radius 2 is 1.69 bits per heavy atom. The molecule has 1 aromatic carbocycles. The number of amides is 4. The van der Waals surface area contributed by atoms with Crippen molar-refractivity contribution in [2.45, 2.75) is 57.7 Å². The minimum Gasteiger partial charge on any atom is -0.480 e. The van der Waals surface area contributed by atoms with Crippen molar-refractivity contribution in [3.63, 3.8) is 0 Å². The summed E-state index contributed by atoms with van der Waals surface area (Å²) in [6.07, 6.45) is 1.85. The minimum atomic E-state index is -1.30. The van der Waals surface area contributed by atoms with Gasteiger partial charge in [-0.1, -0.05) is 38.5 Å². The van der Waals surface area contributed by atoms with Crippen LogP contribution in [-0.4, -0.2) is 64.4 Å². The Balaban J connectivity index is 2.21. The number of hydrogen-bond acceptors (Lipinski definition) is 6. The summed E-state index contributed by atoms with van der Waals surface area (Å²) >= 11 is 0. The normalized spacial score (nSPS) is 14.3. The maximum absolute atomic E-state index is 13.1. The number of nitrogens with two attached hydrogens (primary N) is 2. The number of carbonyl (C=O) groups is 5. The third kappa shape index (κ3) is 7.80. The zero-order valence-corrected chi connectivity index (χ0v) is 20.4. The number of para-hydroxylation sites is 1. The molecular weight excluding hydrogens is 468 g/mol. The molecule has 0 bridgehead atoms. The van der Waals surface area contributed by atoms with Crippen molar-refractivity contribution in [1.82, 2.24) is 20.9 Å². The highest BCUT2D eigenvalue weighted by atomic mass is 16.4. The van der Waals surface area contributed by atoms with Gasteiger partial charge in [-0.25, -0.2) is 4.79 Å². The summed E-state index contributed by atoms with van der Waals surface area (Å²) in [4.78, 5) is 64.3. The van der Waals surface area contributed by atoms with E-state index in [2.05, 4.69) is 20.9 Å². The van der Waals surface area contributed by atoms with Gasteiger partial charge in [0.25, 0.3) is 0 Å². The molecule has 4 unspecified atom stereocenters. The van der Waals surface area contributed by atoms with Crippen LogP contribution < -0.4 is 27.4 Å². The average Bonchev–Trinajstić information content (AvgIpc) is 3.26. The number of hydrogen-bond donors (Lipinski definition) is 7. The predicted molar refractivity (Wildman–Crippen MR) is 132 cm³/mol. The first kappa shape index (κ1) is 28.3. The molecule has 0 radical (unpaired) electrons. The Kier molecular flexibility index (Phi) is 10.4. The molecule has 4 atom stereocenters. The van der Waals surface area contributed by atoms with Gasteiger partial charge in [-0.05, 0) is 24.0 Å². The van der Waals surface area contributed by atoms with Crippen LogP contribution in [0.2, 0.25) is 0 Å². The van der Waals surface area contributed by atoms with Crippen LogP contribution >= 0.6 is 0 Å². The van der Waals surface area contributed by atoms with Gasteiger partial charge in [-0.2, -0.15) is 0 Å². The van der Waals surface area contributed by atoms with Gasteiger partial charge in [0.05, 0.1) is 6.54 Å². The summed E-state index contributed by atoms with van der Waals surface area (Å²) in [5.74, 6) is -4.22. The Bertz CT molecular complexity index is 1100. The van der Waals surface area contributed by atoms with Gasteiger partial charge >= 0.3 is 5.97 Å². The lowest BCUT2D eigenvalue weighted by Gasteiger charge is -2.27. The summed E-state index contributed by atoms with van der Waals surface area (Å²) in [7, 11) is 0. The van der Waals surface area contributed by atoms with Crippen molar-refractivity contribution < 1.29 is 29.1 Å². The zero-order chi connectivity index (χ0) is 26.8. The molecular formula is C24H34N6O6. The van der Waals surface area contributed by atoms with E-state index in [0.717, 1.165) is 10.9 Å². The lowest BCUT2D eigenvalue weighted by Crippen LogP contribution is -2.58. The summed E-state index contributed by atoms with van der Waals surface area (Å²) in [5, 5.41) is 18.1. The summed E-state index contributed by atoms with van der Waals surface area (Å²) < 4.78 is 0. The SMILES string of the molecule is CCC(C)C(NC(=O)CN)C(=O)NC(CCC(N)=O)C(=O)NC(Cc1c[nH]c2ccccc12)C(=O)O. The second kappa shape index (κ2) is 13.2. The molecule has 0 saturated heterocycles. The average molecular weight is 503 g/mol. The third-order valence-corrected chi connectivity index (χ3v) is 6.02. The lowest BCUT2D eigenvalue weighted by atomic mass is 9.97. The number of carboxylic acid groups (broad SMARTS) is 1. The maximum atomic E-state index is 13.1. The number of aromatic nitrogens is 1. The Hall–Kier alpha value is -3.93. The van der Waals surface area contributed by atoms with E-state index in [9.17, 15) is 29.1 Å². The van der Waals surface area contributed by atoms with Gasteiger partial charge in [0, 0.05) is 29.9 Å². The second-order valence-corrected chi connectivity index (χ2v) is 8.66. The monoisotopic (exact) mass is 502 g/mol. The summed E-state index contributed by atoms with van der Waals surface area (Å²) in [5.41, 5.74) is 12.1. The van der Waals surface area contributed by atoms with E-state index >= 15 is 0 Å². The van der Waals surface area contributed by atoms with Crippen molar-refractivity contribution in [2.75, 3.05) is 6.54 Å².